The van der Waals surface area contributed by atoms with Crippen LogP contribution >= 0.6 is 11.8 Å². The Kier molecular flexibility index (Phi) is 5.58. The zero-order valence-corrected chi connectivity index (χ0v) is 16.7. The molecule has 2 saturated heterocycles. The first-order valence-electron chi connectivity index (χ1n) is 8.76. The third kappa shape index (κ3) is 3.36. The largest absolute Gasteiger partial charge is 0.464 e. The molecule has 3 aliphatic rings. The summed E-state index contributed by atoms with van der Waals surface area (Å²) in [6.45, 7) is 3.48. The molecule has 26 heavy (non-hydrogen) atoms. The summed E-state index contributed by atoms with van der Waals surface area (Å²) in [6, 6.07) is 0. The predicted octanol–water partition coefficient (Wildman–Crippen LogP) is 0.310. The van der Waals surface area contributed by atoms with Crippen molar-refractivity contribution in [1.82, 2.24) is 5.32 Å². The molecular formula is C16H25NO7S2. The van der Waals surface area contributed by atoms with Gasteiger partial charge < -0.3 is 19.5 Å². The highest BCUT2D eigenvalue weighted by Crippen LogP contribution is 2.61. The Bertz CT molecular complexity index is 676. The van der Waals surface area contributed by atoms with Crippen LogP contribution in [0.4, 0.5) is 0 Å². The molecule has 148 valence electrons. The molecule has 1 aliphatic carbocycles. The summed E-state index contributed by atoms with van der Waals surface area (Å²) in [5, 5.41) is 1.97. The molecule has 0 unspecified atom stereocenters. The zero-order valence-electron chi connectivity index (χ0n) is 15.1. The van der Waals surface area contributed by atoms with Crippen LogP contribution in [-0.2, 0) is 33.6 Å². The first kappa shape index (κ1) is 19.9. The van der Waals surface area contributed by atoms with Gasteiger partial charge in [0.05, 0.1) is 17.6 Å². The van der Waals surface area contributed by atoms with Crippen LogP contribution in [-0.4, -0.2) is 68.0 Å². The predicted molar refractivity (Wildman–Crippen MR) is 95.1 cm³/mol. The molecular weight excluding hydrogens is 382 g/mol. The Labute approximate surface area is 157 Å². The van der Waals surface area contributed by atoms with Crippen molar-refractivity contribution in [3.63, 3.8) is 0 Å². The second-order valence-corrected chi connectivity index (χ2v) is 10.1. The topological polar surface area (TPSA) is 108 Å². The minimum atomic E-state index is -3.56. The minimum absolute atomic E-state index is 0.110. The second-order valence-electron chi connectivity index (χ2n) is 6.92. The number of ether oxygens (including phenoxy) is 3. The Morgan fingerprint density at radius 3 is 2.62 bits per heavy atom. The number of nitrogens with one attached hydrogen (secondary N) is 1. The number of fused-ring (bicyclic) bond motifs is 1. The molecule has 1 saturated carbocycles. The summed E-state index contributed by atoms with van der Waals surface area (Å²) >= 11 is 1.62. The Hall–Kier alpha value is -0.840. The molecule has 2 aliphatic heterocycles. The zero-order chi connectivity index (χ0) is 19.1. The molecule has 2 heterocycles. The number of carbonyl (C=O) groups is 2. The van der Waals surface area contributed by atoms with E-state index < -0.39 is 50.5 Å². The summed E-state index contributed by atoms with van der Waals surface area (Å²) in [4.78, 5) is 25.1. The maximum atomic E-state index is 12.7. The standard InChI is InChI=1S/C16H25NO7S2/c1-4-22-15(19)16(17-10(18)6-5-7-25-3)8-26(20,21)13-11(12(13)16)14-23-9(2)24-14/h9,11-14H,4-8H2,1-3H3,(H,17,18)/t9?,11-,12-,13+,14?,16+/m1/s1. The van der Waals surface area contributed by atoms with Gasteiger partial charge in [-0.3, -0.25) is 4.79 Å². The maximum absolute atomic E-state index is 12.7. The van der Waals surface area contributed by atoms with E-state index in [0.29, 0.717) is 6.42 Å². The van der Waals surface area contributed by atoms with Crippen LogP contribution in [0, 0.1) is 11.8 Å². The molecule has 3 rings (SSSR count). The summed E-state index contributed by atoms with van der Waals surface area (Å²) in [7, 11) is -3.56. The van der Waals surface area contributed by atoms with E-state index in [1.165, 1.54) is 0 Å². The van der Waals surface area contributed by atoms with Crippen molar-refractivity contribution < 1.29 is 32.2 Å². The van der Waals surface area contributed by atoms with Gasteiger partial charge in [0.1, 0.15) is 0 Å². The van der Waals surface area contributed by atoms with Crippen LogP contribution in [0.15, 0.2) is 0 Å². The van der Waals surface area contributed by atoms with Gasteiger partial charge in [0.15, 0.2) is 28.0 Å². The summed E-state index contributed by atoms with van der Waals surface area (Å²) in [5.41, 5.74) is -1.55. The highest BCUT2D eigenvalue weighted by atomic mass is 32.2. The van der Waals surface area contributed by atoms with Gasteiger partial charge in [0, 0.05) is 18.3 Å². The van der Waals surface area contributed by atoms with E-state index in [-0.39, 0.29) is 25.2 Å². The fourth-order valence-electron chi connectivity index (χ4n) is 4.09. The third-order valence-corrected chi connectivity index (χ3v) is 8.13. The van der Waals surface area contributed by atoms with Gasteiger partial charge in [0.25, 0.3) is 0 Å². The molecule has 0 aromatic rings. The molecule has 0 bridgehead atoms. The highest BCUT2D eigenvalue weighted by Gasteiger charge is 2.79. The number of thioether (sulfide) groups is 1. The van der Waals surface area contributed by atoms with Crippen LogP contribution in [0.2, 0.25) is 0 Å². The van der Waals surface area contributed by atoms with Gasteiger partial charge in [-0.05, 0) is 32.3 Å². The van der Waals surface area contributed by atoms with Crippen molar-refractivity contribution in [2.75, 3.05) is 24.4 Å². The van der Waals surface area contributed by atoms with Gasteiger partial charge in [-0.2, -0.15) is 11.8 Å². The third-order valence-electron chi connectivity index (χ3n) is 5.14. The van der Waals surface area contributed by atoms with E-state index in [4.69, 9.17) is 14.2 Å². The molecule has 4 atom stereocenters. The molecule has 3 fully saturated rings. The lowest BCUT2D eigenvalue weighted by molar-refractivity contribution is -0.384. The van der Waals surface area contributed by atoms with Gasteiger partial charge in [-0.25, -0.2) is 13.2 Å². The van der Waals surface area contributed by atoms with E-state index in [1.807, 2.05) is 6.26 Å². The minimum Gasteiger partial charge on any atom is -0.464 e. The normalized spacial score (nSPS) is 39.6. The monoisotopic (exact) mass is 407 g/mol. The molecule has 1 N–H and O–H groups in total. The molecule has 0 aromatic carbocycles. The first-order chi connectivity index (χ1) is 12.3. The SMILES string of the molecule is CCOC(=O)[C@]1(NC(=O)CCCSC)CS(=O)(=O)[C@H]2[C@H](C3OC(C)O3)[C@H]21. The number of carbonyl (C=O) groups excluding carboxylic acids is 2. The van der Waals surface area contributed by atoms with E-state index in [2.05, 4.69) is 5.32 Å². The van der Waals surface area contributed by atoms with Crippen molar-refractivity contribution in [2.24, 2.45) is 11.8 Å². The molecule has 10 heteroatoms. The van der Waals surface area contributed by atoms with E-state index in [0.717, 1.165) is 5.75 Å². The Morgan fingerprint density at radius 1 is 1.35 bits per heavy atom. The van der Waals surface area contributed by atoms with Gasteiger partial charge in [0.2, 0.25) is 5.91 Å². The summed E-state index contributed by atoms with van der Waals surface area (Å²) in [5.74, 6) is -1.67. The lowest BCUT2D eigenvalue weighted by Gasteiger charge is -2.37. The van der Waals surface area contributed by atoms with E-state index in [1.54, 1.807) is 25.6 Å². The number of hydrogen-bond acceptors (Lipinski definition) is 8. The number of hydrogen-bond donors (Lipinski definition) is 1. The number of esters is 1. The van der Waals surface area contributed by atoms with Crippen molar-refractivity contribution in [3.8, 4) is 0 Å². The van der Waals surface area contributed by atoms with Crippen molar-refractivity contribution >= 4 is 33.5 Å². The highest BCUT2D eigenvalue weighted by molar-refractivity contribution is 7.98. The molecule has 8 nitrogen and oxygen atoms in total. The van der Waals surface area contributed by atoms with E-state index in [9.17, 15) is 18.0 Å². The molecule has 0 aromatic heterocycles. The van der Waals surface area contributed by atoms with Crippen LogP contribution < -0.4 is 5.32 Å². The molecule has 0 radical (unpaired) electrons. The van der Waals surface area contributed by atoms with Crippen molar-refractivity contribution in [2.45, 2.75) is 50.1 Å². The van der Waals surface area contributed by atoms with Crippen molar-refractivity contribution in [1.29, 1.82) is 0 Å². The smallest absolute Gasteiger partial charge is 0.333 e. The molecule has 0 spiro atoms. The summed E-state index contributed by atoms with van der Waals surface area (Å²) < 4.78 is 41.3. The van der Waals surface area contributed by atoms with E-state index >= 15 is 0 Å². The maximum Gasteiger partial charge on any atom is 0.333 e. The Balaban J connectivity index is 1.81. The van der Waals surface area contributed by atoms with Crippen LogP contribution in [0.5, 0.6) is 0 Å². The fourth-order valence-corrected chi connectivity index (χ4v) is 7.28. The van der Waals surface area contributed by atoms with Gasteiger partial charge in [-0.15, -0.1) is 0 Å². The quantitative estimate of drug-likeness (QED) is 0.452. The van der Waals surface area contributed by atoms with Crippen LogP contribution in [0.3, 0.4) is 0 Å². The second kappa shape index (κ2) is 7.29. The van der Waals surface area contributed by atoms with Crippen LogP contribution in [0.25, 0.3) is 0 Å². The average Bonchev–Trinajstić information content (AvgIpc) is 3.22. The summed E-state index contributed by atoms with van der Waals surface area (Å²) in [6.07, 6.45) is 1.79. The van der Waals surface area contributed by atoms with Crippen molar-refractivity contribution in [3.05, 3.63) is 0 Å². The fraction of sp³-hybridized carbons (Fsp3) is 0.875. The lowest BCUT2D eigenvalue weighted by Crippen LogP contribution is -2.60. The number of sulfone groups is 1. The van der Waals surface area contributed by atoms with Crippen LogP contribution in [0.1, 0.15) is 26.7 Å². The number of amides is 1. The first-order valence-corrected chi connectivity index (χ1v) is 11.9. The number of rotatable bonds is 8. The lowest BCUT2D eigenvalue weighted by atomic mass is 9.93. The molecule has 1 amide bonds. The average molecular weight is 408 g/mol. The van der Waals surface area contributed by atoms with Gasteiger partial charge in [-0.1, -0.05) is 0 Å². The van der Waals surface area contributed by atoms with Gasteiger partial charge >= 0.3 is 5.97 Å². The Morgan fingerprint density at radius 2 is 2.04 bits per heavy atom.